The van der Waals surface area contributed by atoms with Crippen LogP contribution in [0.1, 0.15) is 77.6 Å². The van der Waals surface area contributed by atoms with E-state index >= 15 is 0 Å². The number of unbranched alkanes of at least 4 members (excludes halogenated alkanes) is 6. The second-order valence-electron chi connectivity index (χ2n) is 5.63. The molecule has 1 heterocycles. The molecule has 1 aliphatic rings. The van der Waals surface area contributed by atoms with Gasteiger partial charge < -0.3 is 4.74 Å². The molecular formula is C17H28O3. The van der Waals surface area contributed by atoms with Gasteiger partial charge in [0.1, 0.15) is 0 Å². The van der Waals surface area contributed by atoms with Crippen LogP contribution in [0.5, 0.6) is 0 Å². The van der Waals surface area contributed by atoms with Crippen molar-refractivity contribution in [1.82, 2.24) is 0 Å². The van der Waals surface area contributed by atoms with Crippen LogP contribution in [0, 0.1) is 5.92 Å². The van der Waals surface area contributed by atoms with E-state index in [1.807, 2.05) is 6.08 Å². The van der Waals surface area contributed by atoms with Crippen molar-refractivity contribution in [1.29, 1.82) is 0 Å². The Bertz CT molecular complexity index is 320. The molecule has 0 aromatic heterocycles. The number of carbonyl (C=O) groups excluding carboxylic acids is 2. The molecule has 1 unspecified atom stereocenters. The summed E-state index contributed by atoms with van der Waals surface area (Å²) < 4.78 is 4.80. The number of esters is 2. The molecule has 1 saturated heterocycles. The van der Waals surface area contributed by atoms with Gasteiger partial charge in [0.25, 0.3) is 0 Å². The van der Waals surface area contributed by atoms with Crippen LogP contribution in [0.25, 0.3) is 0 Å². The fraction of sp³-hybridized carbons (Fsp3) is 0.765. The SMILES string of the molecule is CCCCCCCC/C=C\C1CCCCC(=O)OC1=O. The van der Waals surface area contributed by atoms with Crippen molar-refractivity contribution in [2.75, 3.05) is 0 Å². The molecule has 0 bridgehead atoms. The predicted octanol–water partition coefficient (Wildman–Crippen LogP) is 4.55. The summed E-state index contributed by atoms with van der Waals surface area (Å²) >= 11 is 0. The highest BCUT2D eigenvalue weighted by Crippen LogP contribution is 2.18. The van der Waals surface area contributed by atoms with E-state index in [0.29, 0.717) is 6.42 Å². The molecular weight excluding hydrogens is 252 g/mol. The van der Waals surface area contributed by atoms with Crippen molar-refractivity contribution < 1.29 is 14.3 Å². The average molecular weight is 280 g/mol. The largest absolute Gasteiger partial charge is 0.393 e. The normalized spacial score (nSPS) is 20.8. The lowest BCUT2D eigenvalue weighted by atomic mass is 9.98. The highest BCUT2D eigenvalue weighted by atomic mass is 16.6. The van der Waals surface area contributed by atoms with Crippen LogP contribution in [0.4, 0.5) is 0 Å². The smallest absolute Gasteiger partial charge is 0.320 e. The summed E-state index contributed by atoms with van der Waals surface area (Å²) in [5.74, 6) is -0.961. The van der Waals surface area contributed by atoms with Gasteiger partial charge in [0.05, 0.1) is 5.92 Å². The summed E-state index contributed by atoms with van der Waals surface area (Å²) in [5, 5.41) is 0. The van der Waals surface area contributed by atoms with E-state index in [2.05, 4.69) is 13.0 Å². The van der Waals surface area contributed by atoms with Gasteiger partial charge in [-0.05, 0) is 25.7 Å². The summed E-state index contributed by atoms with van der Waals surface area (Å²) in [5.41, 5.74) is 0. The Morgan fingerprint density at radius 3 is 2.65 bits per heavy atom. The molecule has 114 valence electrons. The van der Waals surface area contributed by atoms with Gasteiger partial charge in [0, 0.05) is 6.42 Å². The van der Waals surface area contributed by atoms with E-state index < -0.39 is 0 Å². The Hall–Kier alpha value is -1.12. The van der Waals surface area contributed by atoms with Gasteiger partial charge in [-0.3, -0.25) is 9.59 Å². The summed E-state index contributed by atoms with van der Waals surface area (Å²) in [6.07, 6.45) is 15.7. The molecule has 1 rings (SSSR count). The zero-order valence-electron chi connectivity index (χ0n) is 12.7. The first-order valence-corrected chi connectivity index (χ1v) is 8.15. The first kappa shape index (κ1) is 16.9. The number of hydrogen-bond acceptors (Lipinski definition) is 3. The maximum Gasteiger partial charge on any atom is 0.320 e. The number of ether oxygens (including phenoxy) is 1. The number of allylic oxidation sites excluding steroid dienone is 1. The number of rotatable bonds is 8. The van der Waals surface area contributed by atoms with E-state index in [-0.39, 0.29) is 17.9 Å². The molecule has 0 saturated carbocycles. The minimum absolute atomic E-state index is 0.223. The minimum atomic E-state index is -0.371. The summed E-state index contributed by atoms with van der Waals surface area (Å²) in [7, 11) is 0. The van der Waals surface area contributed by atoms with Gasteiger partial charge in [-0.1, -0.05) is 57.6 Å². The first-order chi connectivity index (χ1) is 9.74. The van der Waals surface area contributed by atoms with Crippen molar-refractivity contribution in [3.05, 3.63) is 12.2 Å². The van der Waals surface area contributed by atoms with E-state index in [1.54, 1.807) is 0 Å². The summed E-state index contributed by atoms with van der Waals surface area (Å²) in [6.45, 7) is 2.22. The van der Waals surface area contributed by atoms with Crippen LogP contribution in [-0.2, 0) is 14.3 Å². The summed E-state index contributed by atoms with van der Waals surface area (Å²) in [6, 6.07) is 0. The predicted molar refractivity (Wildman–Crippen MR) is 80.2 cm³/mol. The maximum absolute atomic E-state index is 11.7. The molecule has 3 heteroatoms. The lowest BCUT2D eigenvalue weighted by Gasteiger charge is -2.14. The Kier molecular flexibility index (Phi) is 9.01. The zero-order valence-corrected chi connectivity index (χ0v) is 12.7. The fourth-order valence-corrected chi connectivity index (χ4v) is 2.47. The molecule has 1 aliphatic heterocycles. The molecule has 0 amide bonds. The monoisotopic (exact) mass is 280 g/mol. The number of carbonyl (C=O) groups is 2. The van der Waals surface area contributed by atoms with Crippen molar-refractivity contribution in [2.24, 2.45) is 5.92 Å². The second kappa shape index (κ2) is 10.6. The zero-order chi connectivity index (χ0) is 14.6. The molecule has 0 aliphatic carbocycles. The van der Waals surface area contributed by atoms with E-state index in [4.69, 9.17) is 4.74 Å². The molecule has 1 fully saturated rings. The van der Waals surface area contributed by atoms with Crippen LogP contribution < -0.4 is 0 Å². The van der Waals surface area contributed by atoms with Crippen molar-refractivity contribution in [2.45, 2.75) is 77.6 Å². The Morgan fingerprint density at radius 1 is 1.10 bits per heavy atom. The summed E-state index contributed by atoms with van der Waals surface area (Å²) in [4.78, 5) is 22.9. The van der Waals surface area contributed by atoms with E-state index in [1.165, 1.54) is 38.5 Å². The van der Waals surface area contributed by atoms with Crippen LogP contribution >= 0.6 is 0 Å². The third-order valence-corrected chi connectivity index (χ3v) is 3.76. The van der Waals surface area contributed by atoms with Crippen molar-refractivity contribution in [3.63, 3.8) is 0 Å². The van der Waals surface area contributed by atoms with Crippen LogP contribution in [0.3, 0.4) is 0 Å². The van der Waals surface area contributed by atoms with Crippen molar-refractivity contribution >= 4 is 11.9 Å². The molecule has 1 atom stereocenters. The van der Waals surface area contributed by atoms with Crippen LogP contribution in [0.15, 0.2) is 12.2 Å². The van der Waals surface area contributed by atoms with Gasteiger partial charge in [0.2, 0.25) is 0 Å². The Labute approximate surface area is 122 Å². The molecule has 3 nitrogen and oxygen atoms in total. The van der Waals surface area contributed by atoms with E-state index in [0.717, 1.165) is 25.7 Å². The van der Waals surface area contributed by atoms with Gasteiger partial charge in [-0.25, -0.2) is 0 Å². The Morgan fingerprint density at radius 2 is 1.85 bits per heavy atom. The topological polar surface area (TPSA) is 43.4 Å². The fourth-order valence-electron chi connectivity index (χ4n) is 2.47. The van der Waals surface area contributed by atoms with Gasteiger partial charge in [-0.2, -0.15) is 0 Å². The molecule has 0 spiro atoms. The minimum Gasteiger partial charge on any atom is -0.393 e. The third kappa shape index (κ3) is 7.46. The second-order valence-corrected chi connectivity index (χ2v) is 5.63. The van der Waals surface area contributed by atoms with Gasteiger partial charge >= 0.3 is 11.9 Å². The standard InChI is InChI=1S/C17H28O3/c1-2-3-4-5-6-7-8-9-12-15-13-10-11-14-16(18)20-17(15)19/h9,12,15H,2-8,10-11,13-14H2,1H3/b12-9-. The maximum atomic E-state index is 11.7. The Balaban J connectivity index is 2.18. The van der Waals surface area contributed by atoms with E-state index in [9.17, 15) is 9.59 Å². The van der Waals surface area contributed by atoms with Gasteiger partial charge in [-0.15, -0.1) is 0 Å². The molecule has 0 N–H and O–H groups in total. The highest BCUT2D eigenvalue weighted by Gasteiger charge is 2.22. The third-order valence-electron chi connectivity index (χ3n) is 3.76. The van der Waals surface area contributed by atoms with Crippen LogP contribution in [-0.4, -0.2) is 11.9 Å². The quantitative estimate of drug-likeness (QED) is 0.283. The number of hydrogen-bond donors (Lipinski definition) is 0. The molecule has 0 aromatic rings. The highest BCUT2D eigenvalue weighted by molar-refractivity contribution is 5.87. The lowest BCUT2D eigenvalue weighted by molar-refractivity contribution is -0.162. The van der Waals surface area contributed by atoms with Crippen molar-refractivity contribution in [3.8, 4) is 0 Å². The molecule has 0 radical (unpaired) electrons. The van der Waals surface area contributed by atoms with Gasteiger partial charge in [0.15, 0.2) is 0 Å². The number of cyclic esters (lactones) is 2. The molecule has 20 heavy (non-hydrogen) atoms. The average Bonchev–Trinajstić information content (AvgIpc) is 2.42. The first-order valence-electron chi connectivity index (χ1n) is 8.15. The van der Waals surface area contributed by atoms with Crippen LogP contribution in [0.2, 0.25) is 0 Å². The lowest BCUT2D eigenvalue weighted by Crippen LogP contribution is -2.22. The molecule has 0 aromatic carbocycles.